The van der Waals surface area contributed by atoms with E-state index in [0.29, 0.717) is 29.6 Å². The summed E-state index contributed by atoms with van der Waals surface area (Å²) in [6.07, 6.45) is 7.85. The van der Waals surface area contributed by atoms with Gasteiger partial charge in [0.15, 0.2) is 0 Å². The highest BCUT2D eigenvalue weighted by atomic mass is 16.1. The molecule has 4 heteroatoms. The van der Waals surface area contributed by atoms with Gasteiger partial charge in [0.2, 0.25) is 12.2 Å². The van der Waals surface area contributed by atoms with Crippen molar-refractivity contribution in [1.29, 1.82) is 0 Å². The summed E-state index contributed by atoms with van der Waals surface area (Å²) in [5, 5.41) is 0. The first-order valence-corrected chi connectivity index (χ1v) is 8.77. The minimum absolute atomic E-state index is 0.361. The van der Waals surface area contributed by atoms with Crippen LogP contribution in [0.5, 0.6) is 0 Å². The van der Waals surface area contributed by atoms with E-state index in [1.165, 1.54) is 0 Å². The molecule has 0 saturated heterocycles. The quantitative estimate of drug-likeness (QED) is 0.452. The molecule has 1 aromatic carbocycles. The minimum Gasteiger partial charge on any atom is -0.211 e. The highest BCUT2D eigenvalue weighted by molar-refractivity contribution is 5.72. The van der Waals surface area contributed by atoms with E-state index in [2.05, 4.69) is 50.7 Å². The standard InChI is InChI=1S/C20H28N2O2/c1-6-7-8-16-11-17(9-14(2)3)20(22-13-24)18(10-15(4)5)19(16)21-12-23/h11,14-15H,6-10H2,1-5H3. The molecule has 24 heavy (non-hydrogen) atoms. The molecular weight excluding hydrogens is 300 g/mol. The molecule has 0 atom stereocenters. The van der Waals surface area contributed by atoms with E-state index < -0.39 is 0 Å². The van der Waals surface area contributed by atoms with Crippen LogP contribution in [0.25, 0.3) is 0 Å². The second-order valence-electron chi connectivity index (χ2n) is 7.08. The van der Waals surface area contributed by atoms with Crippen LogP contribution >= 0.6 is 0 Å². The molecule has 0 spiro atoms. The Hall–Kier alpha value is -2.02. The molecular formula is C20H28N2O2. The SMILES string of the molecule is CCCCc1cc(CC(C)C)c(N=C=O)c(CC(C)C)c1N=C=O. The average molecular weight is 328 g/mol. The molecule has 0 aliphatic rings. The molecule has 4 nitrogen and oxygen atoms in total. The molecule has 1 rings (SSSR count). The Balaban J connectivity index is 3.70. The molecule has 0 aromatic heterocycles. The third-order valence-electron chi connectivity index (χ3n) is 3.88. The minimum atomic E-state index is 0.361. The molecule has 0 heterocycles. The molecule has 0 aliphatic carbocycles. The van der Waals surface area contributed by atoms with E-state index in [1.807, 2.05) is 0 Å². The van der Waals surface area contributed by atoms with Crippen molar-refractivity contribution in [2.75, 3.05) is 0 Å². The molecule has 0 amide bonds. The van der Waals surface area contributed by atoms with Gasteiger partial charge in [0.05, 0.1) is 11.4 Å². The number of isocyanates is 2. The van der Waals surface area contributed by atoms with Crippen molar-refractivity contribution in [3.05, 3.63) is 22.8 Å². The van der Waals surface area contributed by atoms with Crippen LogP contribution in [0, 0.1) is 11.8 Å². The lowest BCUT2D eigenvalue weighted by molar-refractivity contribution is 0.564. The normalized spacial score (nSPS) is 10.6. The van der Waals surface area contributed by atoms with Crippen LogP contribution in [0.1, 0.15) is 64.2 Å². The van der Waals surface area contributed by atoms with Crippen LogP contribution in [-0.4, -0.2) is 12.2 Å². The molecule has 0 aliphatic heterocycles. The summed E-state index contributed by atoms with van der Waals surface area (Å²) in [5.41, 5.74) is 4.26. The summed E-state index contributed by atoms with van der Waals surface area (Å²) in [6.45, 7) is 10.6. The molecule has 130 valence electrons. The number of aryl methyl sites for hydroxylation is 1. The summed E-state index contributed by atoms with van der Waals surface area (Å²) >= 11 is 0. The smallest absolute Gasteiger partial charge is 0.211 e. The van der Waals surface area contributed by atoms with E-state index >= 15 is 0 Å². The number of aliphatic imine (C=N–C) groups is 2. The third kappa shape index (κ3) is 5.56. The maximum Gasteiger partial charge on any atom is 0.240 e. The Morgan fingerprint density at radius 3 is 1.92 bits per heavy atom. The molecule has 0 bridgehead atoms. The van der Waals surface area contributed by atoms with Gasteiger partial charge in [0, 0.05) is 5.56 Å². The molecule has 0 N–H and O–H groups in total. The molecule has 0 radical (unpaired) electrons. The fourth-order valence-corrected chi connectivity index (χ4v) is 2.97. The predicted molar refractivity (Wildman–Crippen MR) is 97.7 cm³/mol. The number of benzene rings is 1. The summed E-state index contributed by atoms with van der Waals surface area (Å²) in [7, 11) is 0. The van der Waals surface area contributed by atoms with Gasteiger partial charge in [0.1, 0.15) is 0 Å². The fourth-order valence-electron chi connectivity index (χ4n) is 2.97. The van der Waals surface area contributed by atoms with Gasteiger partial charge in [-0.25, -0.2) is 9.59 Å². The highest BCUT2D eigenvalue weighted by Gasteiger charge is 2.19. The van der Waals surface area contributed by atoms with Crippen LogP contribution in [0.2, 0.25) is 0 Å². The first kappa shape index (κ1) is 20.0. The van der Waals surface area contributed by atoms with Gasteiger partial charge < -0.3 is 0 Å². The summed E-state index contributed by atoms with van der Waals surface area (Å²) < 4.78 is 0. The van der Waals surface area contributed by atoms with Gasteiger partial charge in [-0.3, -0.25) is 0 Å². The number of hydrogen-bond acceptors (Lipinski definition) is 4. The second-order valence-corrected chi connectivity index (χ2v) is 7.08. The van der Waals surface area contributed by atoms with Gasteiger partial charge in [-0.1, -0.05) is 47.1 Å². The predicted octanol–water partition coefficient (Wildman–Crippen LogP) is 5.36. The van der Waals surface area contributed by atoms with Gasteiger partial charge in [-0.15, -0.1) is 0 Å². The number of nitrogens with zero attached hydrogens (tertiary/aromatic N) is 2. The monoisotopic (exact) mass is 328 g/mol. The van der Waals surface area contributed by atoms with Crippen molar-refractivity contribution in [3.63, 3.8) is 0 Å². The zero-order chi connectivity index (χ0) is 18.1. The van der Waals surface area contributed by atoms with Gasteiger partial charge in [-0.2, -0.15) is 9.98 Å². The summed E-state index contributed by atoms with van der Waals surface area (Å²) in [6, 6.07) is 2.06. The fraction of sp³-hybridized carbons (Fsp3) is 0.600. The van der Waals surface area contributed by atoms with Crippen LogP contribution in [0.15, 0.2) is 16.1 Å². The number of unbranched alkanes of at least 4 members (excludes halogenated alkanes) is 1. The zero-order valence-corrected chi connectivity index (χ0v) is 15.5. The average Bonchev–Trinajstić information content (AvgIpc) is 2.50. The van der Waals surface area contributed by atoms with Crippen LogP contribution < -0.4 is 0 Å². The molecule has 0 saturated carbocycles. The maximum atomic E-state index is 11.0. The van der Waals surface area contributed by atoms with E-state index in [1.54, 1.807) is 12.2 Å². The number of carbonyl (C=O) groups excluding carboxylic acids is 2. The highest BCUT2D eigenvalue weighted by Crippen LogP contribution is 2.39. The Labute approximate surface area is 145 Å². The second kappa shape index (κ2) is 9.97. The van der Waals surface area contributed by atoms with Crippen LogP contribution in [0.3, 0.4) is 0 Å². The van der Waals surface area contributed by atoms with Crippen molar-refractivity contribution in [1.82, 2.24) is 0 Å². The maximum absolute atomic E-state index is 11.0. The number of hydrogen-bond donors (Lipinski definition) is 0. The first-order valence-electron chi connectivity index (χ1n) is 8.77. The zero-order valence-electron chi connectivity index (χ0n) is 15.5. The summed E-state index contributed by atoms with van der Waals surface area (Å²) in [4.78, 5) is 29.9. The van der Waals surface area contributed by atoms with E-state index in [0.717, 1.165) is 42.4 Å². The van der Waals surface area contributed by atoms with Crippen molar-refractivity contribution in [2.24, 2.45) is 21.8 Å². The van der Waals surface area contributed by atoms with Gasteiger partial charge in [-0.05, 0) is 48.6 Å². The van der Waals surface area contributed by atoms with E-state index in [9.17, 15) is 9.59 Å². The summed E-state index contributed by atoms with van der Waals surface area (Å²) in [5.74, 6) is 0.802. The molecule has 0 fully saturated rings. The first-order chi connectivity index (χ1) is 11.4. The number of rotatable bonds is 9. The lowest BCUT2D eigenvalue weighted by atomic mass is 9.89. The topological polar surface area (TPSA) is 58.9 Å². The lowest BCUT2D eigenvalue weighted by Crippen LogP contribution is -2.04. The van der Waals surface area contributed by atoms with E-state index in [4.69, 9.17) is 0 Å². The third-order valence-corrected chi connectivity index (χ3v) is 3.88. The van der Waals surface area contributed by atoms with E-state index in [-0.39, 0.29) is 0 Å². The van der Waals surface area contributed by atoms with Gasteiger partial charge in [0.25, 0.3) is 0 Å². The van der Waals surface area contributed by atoms with Crippen molar-refractivity contribution in [2.45, 2.75) is 66.7 Å². The molecule has 0 unspecified atom stereocenters. The Kier molecular flexibility index (Phi) is 8.32. The molecule has 1 aromatic rings. The van der Waals surface area contributed by atoms with Crippen molar-refractivity contribution < 1.29 is 9.59 Å². The van der Waals surface area contributed by atoms with Crippen molar-refractivity contribution >= 4 is 23.5 Å². The Bertz CT molecular complexity index is 650. The van der Waals surface area contributed by atoms with Crippen LogP contribution in [-0.2, 0) is 28.9 Å². The Morgan fingerprint density at radius 2 is 1.46 bits per heavy atom. The lowest BCUT2D eigenvalue weighted by Gasteiger charge is -2.19. The van der Waals surface area contributed by atoms with Crippen molar-refractivity contribution in [3.8, 4) is 0 Å². The largest absolute Gasteiger partial charge is 0.240 e. The Morgan fingerprint density at radius 1 is 0.917 bits per heavy atom. The van der Waals surface area contributed by atoms with Gasteiger partial charge >= 0.3 is 0 Å². The van der Waals surface area contributed by atoms with Crippen LogP contribution in [0.4, 0.5) is 11.4 Å².